The fraction of sp³-hybridized carbons (Fsp3) is 0.571. The average molecular weight is 436 g/mol. The Morgan fingerprint density at radius 2 is 1.28 bits per heavy atom. The van der Waals surface area contributed by atoms with Crippen LogP contribution < -0.4 is 19.4 Å². The summed E-state index contributed by atoms with van der Waals surface area (Å²) >= 11 is 0. The monoisotopic (exact) mass is 435 g/mol. The lowest BCUT2D eigenvalue weighted by molar-refractivity contribution is -0.969. The molecular formula is C28H41N3O+2. The minimum absolute atomic E-state index is 0.799. The smallest absolute Gasteiger partial charge is 0.142 e. The van der Waals surface area contributed by atoms with Gasteiger partial charge in [-0.15, -0.1) is 0 Å². The molecule has 172 valence electrons. The van der Waals surface area contributed by atoms with Gasteiger partial charge in [0.2, 0.25) is 0 Å². The van der Waals surface area contributed by atoms with Crippen molar-refractivity contribution in [2.24, 2.45) is 0 Å². The maximum Gasteiger partial charge on any atom is 0.142 e. The summed E-state index contributed by atoms with van der Waals surface area (Å²) in [4.78, 5) is 6.29. The van der Waals surface area contributed by atoms with Crippen molar-refractivity contribution in [2.45, 2.75) is 56.5 Å². The fourth-order valence-corrected chi connectivity index (χ4v) is 6.70. The number of piperidine rings is 1. The van der Waals surface area contributed by atoms with Gasteiger partial charge >= 0.3 is 0 Å². The highest BCUT2D eigenvalue weighted by atomic mass is 16.5. The van der Waals surface area contributed by atoms with Gasteiger partial charge in [-0.05, 0) is 49.3 Å². The van der Waals surface area contributed by atoms with Gasteiger partial charge in [0.25, 0.3) is 0 Å². The van der Waals surface area contributed by atoms with Gasteiger partial charge in [0.15, 0.2) is 0 Å². The van der Waals surface area contributed by atoms with Crippen molar-refractivity contribution in [3.8, 4) is 5.75 Å². The molecule has 5 rings (SSSR count). The van der Waals surface area contributed by atoms with E-state index in [4.69, 9.17) is 4.74 Å². The van der Waals surface area contributed by atoms with Crippen molar-refractivity contribution in [3.05, 3.63) is 60.2 Å². The van der Waals surface area contributed by atoms with Gasteiger partial charge in [-0.3, -0.25) is 0 Å². The van der Waals surface area contributed by atoms with Gasteiger partial charge in [0.05, 0.1) is 64.1 Å². The molecule has 2 N–H and O–H groups in total. The number of piperazine rings is 1. The molecule has 0 radical (unpaired) electrons. The van der Waals surface area contributed by atoms with E-state index in [1.54, 1.807) is 12.7 Å². The molecule has 2 aromatic rings. The lowest BCUT2D eigenvalue weighted by Crippen LogP contribution is -3.23. The molecule has 2 saturated heterocycles. The highest BCUT2D eigenvalue weighted by Gasteiger charge is 2.36. The van der Waals surface area contributed by atoms with Crippen LogP contribution in [0.2, 0.25) is 0 Å². The van der Waals surface area contributed by atoms with Gasteiger partial charge in [-0.2, -0.15) is 0 Å². The zero-order valence-corrected chi connectivity index (χ0v) is 19.8. The van der Waals surface area contributed by atoms with Crippen LogP contribution in [0.25, 0.3) is 0 Å². The molecule has 2 aromatic carbocycles. The van der Waals surface area contributed by atoms with E-state index in [9.17, 15) is 0 Å². The number of nitrogens with zero attached hydrogens (tertiary/aromatic N) is 1. The zero-order chi connectivity index (χ0) is 21.8. The molecule has 0 spiro atoms. The van der Waals surface area contributed by atoms with E-state index in [0.717, 1.165) is 36.8 Å². The summed E-state index contributed by atoms with van der Waals surface area (Å²) in [6.07, 6.45) is 8.44. The predicted octanol–water partition coefficient (Wildman–Crippen LogP) is 2.17. The third-order valence-electron chi connectivity index (χ3n) is 8.61. The van der Waals surface area contributed by atoms with Crippen LogP contribution in [0.5, 0.6) is 5.75 Å². The van der Waals surface area contributed by atoms with Crippen LogP contribution >= 0.6 is 0 Å². The topological polar surface area (TPSA) is 21.4 Å². The lowest BCUT2D eigenvalue weighted by atomic mass is 9.81. The van der Waals surface area contributed by atoms with Gasteiger partial charge in [0, 0.05) is 12.8 Å². The number of benzene rings is 2. The molecule has 32 heavy (non-hydrogen) atoms. The number of quaternary nitrogens is 2. The molecule has 2 aliphatic heterocycles. The number of hydrogen-bond donors (Lipinski definition) is 2. The summed E-state index contributed by atoms with van der Waals surface area (Å²) in [7, 11) is 1.78. The normalized spacial score (nSPS) is 29.6. The first-order chi connectivity index (χ1) is 15.8. The molecule has 3 fully saturated rings. The van der Waals surface area contributed by atoms with Crippen LogP contribution in [-0.2, 0) is 0 Å². The van der Waals surface area contributed by atoms with Crippen LogP contribution in [0.4, 0.5) is 5.69 Å². The molecule has 4 nitrogen and oxygen atoms in total. The molecule has 0 amide bonds. The molecule has 0 bridgehead atoms. The van der Waals surface area contributed by atoms with Gasteiger partial charge < -0.3 is 19.4 Å². The Bertz CT molecular complexity index is 833. The minimum atomic E-state index is 0.799. The third kappa shape index (κ3) is 4.82. The Morgan fingerprint density at radius 1 is 0.688 bits per heavy atom. The summed E-state index contributed by atoms with van der Waals surface area (Å²) in [6, 6.07) is 21.5. The first kappa shape index (κ1) is 21.8. The number of ether oxygens (including phenoxy) is 1. The maximum absolute atomic E-state index is 5.59. The first-order valence-electron chi connectivity index (χ1n) is 12.9. The van der Waals surface area contributed by atoms with Gasteiger partial charge in [-0.1, -0.05) is 42.5 Å². The molecule has 0 aromatic heterocycles. The number of anilines is 1. The highest BCUT2D eigenvalue weighted by molar-refractivity contribution is 5.58. The van der Waals surface area contributed by atoms with Gasteiger partial charge in [-0.25, -0.2) is 0 Å². The minimum Gasteiger partial charge on any atom is -0.495 e. The summed E-state index contributed by atoms with van der Waals surface area (Å²) in [5.74, 6) is 1.81. The Morgan fingerprint density at radius 3 is 1.97 bits per heavy atom. The molecule has 4 heteroatoms. The van der Waals surface area contributed by atoms with Crippen LogP contribution in [-0.4, -0.2) is 58.5 Å². The Balaban J connectivity index is 1.07. The molecular weight excluding hydrogens is 394 g/mol. The van der Waals surface area contributed by atoms with Gasteiger partial charge in [0.1, 0.15) is 5.75 Å². The second-order valence-electron chi connectivity index (χ2n) is 10.2. The maximum atomic E-state index is 5.59. The third-order valence-corrected chi connectivity index (χ3v) is 8.61. The SMILES string of the molecule is COc1ccccc1N1CC[NH+](C2CC[NH+](C3CCC(c4ccccc4)CC3)CC2)CC1. The fourth-order valence-electron chi connectivity index (χ4n) is 6.70. The van der Waals surface area contributed by atoms with Crippen LogP contribution in [0.1, 0.15) is 50.0 Å². The predicted molar refractivity (Wildman–Crippen MR) is 131 cm³/mol. The highest BCUT2D eigenvalue weighted by Crippen LogP contribution is 2.32. The zero-order valence-electron chi connectivity index (χ0n) is 19.8. The van der Waals surface area contributed by atoms with E-state index in [1.165, 1.54) is 70.4 Å². The van der Waals surface area contributed by atoms with Crippen molar-refractivity contribution in [3.63, 3.8) is 0 Å². The average Bonchev–Trinajstić information content (AvgIpc) is 2.89. The molecule has 2 heterocycles. The Hall–Kier alpha value is -2.04. The second-order valence-corrected chi connectivity index (χ2v) is 10.2. The molecule has 1 aliphatic carbocycles. The van der Waals surface area contributed by atoms with E-state index in [2.05, 4.69) is 59.5 Å². The Labute approximate surface area is 194 Å². The van der Waals surface area contributed by atoms with Crippen molar-refractivity contribution in [1.82, 2.24) is 0 Å². The first-order valence-corrected chi connectivity index (χ1v) is 12.9. The summed E-state index contributed by atoms with van der Waals surface area (Å²) in [5.41, 5.74) is 2.83. The van der Waals surface area contributed by atoms with E-state index < -0.39 is 0 Å². The summed E-state index contributed by atoms with van der Waals surface area (Å²) in [6.45, 7) is 7.61. The van der Waals surface area contributed by atoms with Crippen molar-refractivity contribution in [1.29, 1.82) is 0 Å². The van der Waals surface area contributed by atoms with Crippen molar-refractivity contribution >= 4 is 5.69 Å². The van der Waals surface area contributed by atoms with E-state index in [1.807, 2.05) is 9.80 Å². The molecule has 1 saturated carbocycles. The number of methoxy groups -OCH3 is 1. The van der Waals surface area contributed by atoms with E-state index in [0.29, 0.717) is 0 Å². The molecule has 3 aliphatic rings. The van der Waals surface area contributed by atoms with E-state index >= 15 is 0 Å². The van der Waals surface area contributed by atoms with E-state index in [-0.39, 0.29) is 0 Å². The molecule has 0 atom stereocenters. The van der Waals surface area contributed by atoms with Crippen LogP contribution in [0.15, 0.2) is 54.6 Å². The number of para-hydroxylation sites is 2. The van der Waals surface area contributed by atoms with Crippen molar-refractivity contribution < 1.29 is 14.5 Å². The second kappa shape index (κ2) is 10.3. The number of rotatable bonds is 5. The standard InChI is InChI=1S/C28H39N3O/c1-32-28-10-6-5-9-27(28)31-21-19-30(20-22-31)26-15-17-29(18-16-26)25-13-11-24(12-14-25)23-7-3-2-4-8-23/h2-10,24-26H,11-22H2,1H3/p+2. The van der Waals surface area contributed by atoms with Crippen LogP contribution in [0.3, 0.4) is 0 Å². The number of nitrogens with one attached hydrogen (secondary N) is 2. The quantitative estimate of drug-likeness (QED) is 0.751. The Kier molecular flexibility index (Phi) is 6.99. The number of hydrogen-bond acceptors (Lipinski definition) is 2. The molecule has 0 unspecified atom stereocenters. The lowest BCUT2D eigenvalue weighted by Gasteiger charge is -2.42. The van der Waals surface area contributed by atoms with Crippen LogP contribution in [0, 0.1) is 0 Å². The number of likely N-dealkylation sites (tertiary alicyclic amines) is 1. The summed E-state index contributed by atoms with van der Waals surface area (Å²) in [5, 5.41) is 0. The summed E-state index contributed by atoms with van der Waals surface area (Å²) < 4.78 is 5.59. The largest absolute Gasteiger partial charge is 0.495 e. The van der Waals surface area contributed by atoms with Crippen molar-refractivity contribution in [2.75, 3.05) is 51.3 Å².